The SMILES string of the molecule is CC(=O)O[C@H]1O[C@H](C(=O)N[C@@H](CCCCNC(=O)OCc2ccccc2)C(=O)OC(C)(C)C)[C@H](OC(C)=O)[C@H](OC(C)=O)[C@H]1OC(C)=O. The molecule has 0 radical (unpaired) electrons. The molecule has 1 aliphatic heterocycles. The average molecular weight is 681 g/mol. The number of hydrogen-bond acceptors (Lipinski definition) is 14. The molecule has 1 aromatic rings. The van der Waals surface area contributed by atoms with Gasteiger partial charge in [-0.2, -0.15) is 0 Å². The summed E-state index contributed by atoms with van der Waals surface area (Å²) in [5, 5.41) is 5.14. The molecule has 1 aromatic carbocycles. The van der Waals surface area contributed by atoms with Crippen molar-refractivity contribution in [1.29, 1.82) is 0 Å². The van der Waals surface area contributed by atoms with Gasteiger partial charge in [0.25, 0.3) is 5.91 Å². The molecular weight excluding hydrogens is 636 g/mol. The molecule has 16 nitrogen and oxygen atoms in total. The van der Waals surface area contributed by atoms with Crippen molar-refractivity contribution in [2.24, 2.45) is 0 Å². The second kappa shape index (κ2) is 18.6. The number of nitrogens with one attached hydrogen (secondary N) is 2. The van der Waals surface area contributed by atoms with E-state index < -0.39 is 84.2 Å². The van der Waals surface area contributed by atoms with Crippen LogP contribution in [0.2, 0.25) is 0 Å². The Hall–Kier alpha value is -4.73. The first-order chi connectivity index (χ1) is 22.5. The Bertz CT molecular complexity index is 1300. The lowest BCUT2D eigenvalue weighted by atomic mass is 9.96. The summed E-state index contributed by atoms with van der Waals surface area (Å²) in [6.07, 6.45) is -8.45. The van der Waals surface area contributed by atoms with Gasteiger partial charge in [-0.25, -0.2) is 9.59 Å². The smallest absolute Gasteiger partial charge is 0.407 e. The Morgan fingerprint density at radius 3 is 1.90 bits per heavy atom. The highest BCUT2D eigenvalue weighted by molar-refractivity contribution is 5.88. The molecule has 0 aliphatic carbocycles. The average Bonchev–Trinajstić information content (AvgIpc) is 2.96. The molecule has 2 N–H and O–H groups in total. The summed E-state index contributed by atoms with van der Waals surface area (Å²) < 4.78 is 37.3. The normalized spacial score (nSPS) is 21.0. The van der Waals surface area contributed by atoms with Crippen LogP contribution in [0.1, 0.15) is 73.3 Å². The van der Waals surface area contributed by atoms with E-state index >= 15 is 0 Å². The molecule has 6 atom stereocenters. The minimum atomic E-state index is -1.82. The van der Waals surface area contributed by atoms with Crippen molar-refractivity contribution in [1.82, 2.24) is 10.6 Å². The fourth-order valence-corrected chi connectivity index (χ4v) is 4.56. The van der Waals surface area contributed by atoms with Crippen LogP contribution in [0.15, 0.2) is 30.3 Å². The molecule has 1 heterocycles. The van der Waals surface area contributed by atoms with Gasteiger partial charge in [-0.1, -0.05) is 30.3 Å². The lowest BCUT2D eigenvalue weighted by Crippen LogP contribution is -2.66. The van der Waals surface area contributed by atoms with Gasteiger partial charge < -0.3 is 43.8 Å². The molecule has 0 saturated carbocycles. The van der Waals surface area contributed by atoms with Crippen LogP contribution in [-0.4, -0.2) is 90.7 Å². The number of amides is 2. The Morgan fingerprint density at radius 2 is 1.33 bits per heavy atom. The molecule has 16 heteroatoms. The van der Waals surface area contributed by atoms with Gasteiger partial charge >= 0.3 is 35.9 Å². The maximum atomic E-state index is 13.7. The molecule has 1 fully saturated rings. The van der Waals surface area contributed by atoms with Crippen molar-refractivity contribution in [3.8, 4) is 0 Å². The van der Waals surface area contributed by atoms with Gasteiger partial charge in [-0.15, -0.1) is 0 Å². The number of carbonyl (C=O) groups excluding carboxylic acids is 7. The molecule has 48 heavy (non-hydrogen) atoms. The number of unbranched alkanes of at least 4 members (excludes halogenated alkanes) is 1. The van der Waals surface area contributed by atoms with Gasteiger partial charge in [0.05, 0.1) is 0 Å². The zero-order chi connectivity index (χ0) is 36.0. The first-order valence-electron chi connectivity index (χ1n) is 15.3. The van der Waals surface area contributed by atoms with Crippen LogP contribution in [0.5, 0.6) is 0 Å². The Kier molecular flexibility index (Phi) is 15.3. The molecule has 0 bridgehead atoms. The van der Waals surface area contributed by atoms with E-state index in [1.54, 1.807) is 20.8 Å². The van der Waals surface area contributed by atoms with E-state index in [-0.39, 0.29) is 19.6 Å². The van der Waals surface area contributed by atoms with Crippen LogP contribution >= 0.6 is 0 Å². The molecule has 1 saturated heterocycles. The highest BCUT2D eigenvalue weighted by Crippen LogP contribution is 2.30. The number of esters is 5. The van der Waals surface area contributed by atoms with Gasteiger partial charge in [0.1, 0.15) is 18.2 Å². The molecule has 2 amide bonds. The first kappa shape index (κ1) is 39.4. The summed E-state index contributed by atoms with van der Waals surface area (Å²) in [7, 11) is 0. The van der Waals surface area contributed by atoms with Gasteiger partial charge in [-0.3, -0.25) is 24.0 Å². The van der Waals surface area contributed by atoms with Crippen molar-refractivity contribution in [2.75, 3.05) is 6.54 Å². The minimum Gasteiger partial charge on any atom is -0.458 e. The summed E-state index contributed by atoms with van der Waals surface area (Å²) >= 11 is 0. The first-order valence-corrected chi connectivity index (χ1v) is 15.3. The summed E-state index contributed by atoms with van der Waals surface area (Å²) in [5.74, 6) is -5.41. The minimum absolute atomic E-state index is 0.0448. The standard InChI is InChI=1S/C32H44N2O14/c1-18(35)43-24-25(44-19(2)36)27(45-20(3)37)30(46-21(4)38)47-26(24)28(39)34-23(29(40)48-32(5,6)7)15-11-12-16-33-31(41)42-17-22-13-9-8-10-14-22/h8-10,13-14,23-27,30H,11-12,15-17H2,1-7H3,(H,33,41)(H,34,39)/t23-,24+,25-,26-,27+,30-/m0/s1. The second-order valence-electron chi connectivity index (χ2n) is 11.8. The lowest BCUT2D eigenvalue weighted by molar-refractivity contribution is -0.290. The number of benzene rings is 1. The van der Waals surface area contributed by atoms with Crippen molar-refractivity contribution in [2.45, 2.75) is 117 Å². The molecule has 1 aliphatic rings. The van der Waals surface area contributed by atoms with E-state index in [1.165, 1.54) is 0 Å². The number of ether oxygens (including phenoxy) is 7. The predicted molar refractivity (Wildman–Crippen MR) is 163 cm³/mol. The third-order valence-corrected chi connectivity index (χ3v) is 6.35. The van der Waals surface area contributed by atoms with Crippen LogP contribution < -0.4 is 10.6 Å². The number of alkyl carbamates (subject to hydrolysis) is 1. The van der Waals surface area contributed by atoms with Gasteiger partial charge in [0, 0.05) is 34.2 Å². The molecule has 0 aromatic heterocycles. The Balaban J connectivity index is 2.22. The van der Waals surface area contributed by atoms with Gasteiger partial charge in [-0.05, 0) is 45.6 Å². The van der Waals surface area contributed by atoms with E-state index in [0.29, 0.717) is 12.8 Å². The summed E-state index contributed by atoms with van der Waals surface area (Å²) in [4.78, 5) is 86.9. The van der Waals surface area contributed by atoms with Crippen molar-refractivity contribution in [3.63, 3.8) is 0 Å². The van der Waals surface area contributed by atoms with Gasteiger partial charge in [0.15, 0.2) is 18.3 Å². The highest BCUT2D eigenvalue weighted by atomic mass is 16.7. The monoisotopic (exact) mass is 680 g/mol. The predicted octanol–water partition coefficient (Wildman–Crippen LogP) is 1.99. The zero-order valence-corrected chi connectivity index (χ0v) is 28.1. The lowest BCUT2D eigenvalue weighted by Gasteiger charge is -2.43. The number of carbonyl (C=O) groups is 7. The van der Waals surface area contributed by atoms with E-state index in [0.717, 1.165) is 33.3 Å². The zero-order valence-electron chi connectivity index (χ0n) is 28.1. The summed E-state index contributed by atoms with van der Waals surface area (Å²) in [6, 6.07) is 7.87. The molecule has 2 rings (SSSR count). The number of rotatable bonds is 14. The number of hydrogen-bond donors (Lipinski definition) is 2. The maximum Gasteiger partial charge on any atom is 0.407 e. The largest absolute Gasteiger partial charge is 0.458 e. The van der Waals surface area contributed by atoms with Crippen LogP contribution in [0.3, 0.4) is 0 Å². The maximum absolute atomic E-state index is 13.7. The highest BCUT2D eigenvalue weighted by Gasteiger charge is 2.56. The van der Waals surface area contributed by atoms with Crippen LogP contribution in [0, 0.1) is 0 Å². The van der Waals surface area contributed by atoms with Crippen molar-refractivity contribution < 1.29 is 66.7 Å². The van der Waals surface area contributed by atoms with E-state index in [1.807, 2.05) is 30.3 Å². The van der Waals surface area contributed by atoms with E-state index in [4.69, 9.17) is 33.2 Å². The van der Waals surface area contributed by atoms with Crippen LogP contribution in [-0.2, 0) is 68.5 Å². The Labute approximate surface area is 278 Å². The quantitative estimate of drug-likeness (QED) is 0.164. The van der Waals surface area contributed by atoms with Gasteiger partial charge in [0.2, 0.25) is 12.4 Å². The summed E-state index contributed by atoms with van der Waals surface area (Å²) in [6.45, 7) is 9.31. The fourth-order valence-electron chi connectivity index (χ4n) is 4.56. The van der Waals surface area contributed by atoms with E-state index in [9.17, 15) is 33.6 Å². The van der Waals surface area contributed by atoms with Crippen LogP contribution in [0.25, 0.3) is 0 Å². The second-order valence-corrected chi connectivity index (χ2v) is 11.8. The third kappa shape index (κ3) is 13.9. The molecule has 266 valence electrons. The van der Waals surface area contributed by atoms with Crippen molar-refractivity contribution in [3.05, 3.63) is 35.9 Å². The third-order valence-electron chi connectivity index (χ3n) is 6.35. The Morgan fingerprint density at radius 1 is 0.771 bits per heavy atom. The summed E-state index contributed by atoms with van der Waals surface area (Å²) in [5.41, 5.74) is -0.106. The van der Waals surface area contributed by atoms with E-state index in [2.05, 4.69) is 10.6 Å². The molecule has 0 unspecified atom stereocenters. The molecule has 0 spiro atoms. The topological polar surface area (TPSA) is 208 Å². The molecular formula is C32H44N2O14. The van der Waals surface area contributed by atoms with Crippen molar-refractivity contribution >= 4 is 41.8 Å². The van der Waals surface area contributed by atoms with Crippen LogP contribution in [0.4, 0.5) is 4.79 Å². The fraction of sp³-hybridized carbons (Fsp3) is 0.594.